The molecule has 0 N–H and O–H groups in total. The maximum absolute atomic E-state index is 2.33. The van der Waals surface area contributed by atoms with Crippen molar-refractivity contribution in [2.45, 2.75) is 47.5 Å². The van der Waals surface area contributed by atoms with Crippen molar-refractivity contribution in [3.05, 3.63) is 60.2 Å². The second-order valence-electron chi connectivity index (χ2n) is 5.62. The molecule has 0 bridgehead atoms. The van der Waals surface area contributed by atoms with Gasteiger partial charge in [-0.05, 0) is 43.7 Å². The summed E-state index contributed by atoms with van der Waals surface area (Å²) in [6.07, 6.45) is 0. The van der Waals surface area contributed by atoms with Crippen LogP contribution in [0.1, 0.15) is 33.3 Å². The molecular weight excluding hydrogens is 280 g/mol. The zero-order valence-corrected chi connectivity index (χ0v) is 14.2. The summed E-state index contributed by atoms with van der Waals surface area (Å²) >= 11 is 3.84. The lowest BCUT2D eigenvalue weighted by Gasteiger charge is -2.25. The fraction of sp³-hybridized carbons (Fsp3) is 0.333. The smallest absolute Gasteiger partial charge is 0.0399 e. The third kappa shape index (κ3) is 4.32. The Morgan fingerprint density at radius 2 is 1.50 bits per heavy atom. The van der Waals surface area contributed by atoms with E-state index in [-0.39, 0.29) is 4.75 Å². The van der Waals surface area contributed by atoms with Crippen molar-refractivity contribution in [3.8, 4) is 0 Å². The number of thioether (sulfide) groups is 2. The van der Waals surface area contributed by atoms with E-state index in [4.69, 9.17) is 0 Å². The van der Waals surface area contributed by atoms with Gasteiger partial charge in [-0.25, -0.2) is 0 Å². The molecule has 0 aliphatic rings. The first-order valence-corrected chi connectivity index (χ1v) is 8.68. The average Bonchev–Trinajstić information content (AvgIpc) is 2.39. The van der Waals surface area contributed by atoms with Crippen LogP contribution in [-0.4, -0.2) is 5.25 Å². The van der Waals surface area contributed by atoms with Crippen LogP contribution >= 0.6 is 23.5 Å². The molecule has 0 nitrogen and oxygen atoms in total. The van der Waals surface area contributed by atoms with Crippen LogP contribution < -0.4 is 0 Å². The van der Waals surface area contributed by atoms with Gasteiger partial charge < -0.3 is 0 Å². The molecule has 0 atom stereocenters. The summed E-state index contributed by atoms with van der Waals surface area (Å²) in [5.41, 5.74) is 1.39. The van der Waals surface area contributed by atoms with E-state index in [1.165, 1.54) is 15.4 Å². The first-order valence-electron chi connectivity index (χ1n) is 6.98. The van der Waals surface area contributed by atoms with Gasteiger partial charge in [-0.3, -0.25) is 0 Å². The van der Waals surface area contributed by atoms with E-state index in [0.29, 0.717) is 5.25 Å². The second kappa shape index (κ2) is 6.73. The number of benzene rings is 2. The molecule has 0 heterocycles. The molecule has 2 aromatic rings. The molecule has 2 aromatic carbocycles. The van der Waals surface area contributed by atoms with Crippen molar-refractivity contribution in [2.24, 2.45) is 0 Å². The monoisotopic (exact) mass is 302 g/mol. The van der Waals surface area contributed by atoms with Crippen molar-refractivity contribution >= 4 is 23.5 Å². The molecule has 20 heavy (non-hydrogen) atoms. The fourth-order valence-electron chi connectivity index (χ4n) is 2.06. The van der Waals surface area contributed by atoms with E-state index >= 15 is 0 Å². The summed E-state index contributed by atoms with van der Waals surface area (Å²) in [6.45, 7) is 9.07. The van der Waals surface area contributed by atoms with Crippen LogP contribution in [0.3, 0.4) is 0 Å². The normalized spacial score (nSPS) is 11.8. The molecule has 2 heteroatoms. The molecule has 2 rings (SSSR count). The molecule has 0 aliphatic carbocycles. The van der Waals surface area contributed by atoms with Crippen LogP contribution in [0.15, 0.2) is 64.4 Å². The molecule has 106 valence electrons. The van der Waals surface area contributed by atoms with E-state index in [1.807, 2.05) is 23.5 Å². The maximum Gasteiger partial charge on any atom is 0.0399 e. The Bertz CT molecular complexity index is 544. The van der Waals surface area contributed by atoms with E-state index in [9.17, 15) is 0 Å². The summed E-state index contributed by atoms with van der Waals surface area (Å²) in [6, 6.07) is 19.6. The first-order chi connectivity index (χ1) is 9.47. The molecule has 0 saturated heterocycles. The molecule has 0 radical (unpaired) electrons. The minimum atomic E-state index is 0.0783. The Morgan fingerprint density at radius 3 is 2.15 bits per heavy atom. The maximum atomic E-state index is 2.33. The Hall–Kier alpha value is -0.860. The molecular formula is C18H22S2. The van der Waals surface area contributed by atoms with Crippen molar-refractivity contribution in [1.29, 1.82) is 0 Å². The first kappa shape index (κ1) is 15.5. The third-order valence-corrected chi connectivity index (χ3v) is 5.27. The summed E-state index contributed by atoms with van der Waals surface area (Å²) < 4.78 is 0.0783. The summed E-state index contributed by atoms with van der Waals surface area (Å²) in [7, 11) is 0. The quantitative estimate of drug-likeness (QED) is 0.602. The number of rotatable bonds is 5. The highest BCUT2D eigenvalue weighted by Crippen LogP contribution is 2.41. The Morgan fingerprint density at radius 1 is 0.850 bits per heavy atom. The topological polar surface area (TPSA) is 0 Å². The van der Waals surface area contributed by atoms with Crippen LogP contribution in [0, 0.1) is 0 Å². The molecule has 0 aliphatic heterocycles. The predicted octanol–water partition coefficient (Wildman–Crippen LogP) is 6.21. The van der Waals surface area contributed by atoms with Gasteiger partial charge in [-0.15, -0.1) is 23.5 Å². The van der Waals surface area contributed by atoms with Gasteiger partial charge in [-0.2, -0.15) is 0 Å². The Labute approximate surface area is 131 Å². The van der Waals surface area contributed by atoms with Gasteiger partial charge in [0.25, 0.3) is 0 Å². The third-order valence-electron chi connectivity index (χ3n) is 3.02. The van der Waals surface area contributed by atoms with Crippen LogP contribution in [0.4, 0.5) is 0 Å². The van der Waals surface area contributed by atoms with Gasteiger partial charge in [0.1, 0.15) is 0 Å². The standard InChI is InChI=1S/C18H22S2/c1-14(2)19-17-12-8-9-15(13-17)18(3,4)20-16-10-6-5-7-11-16/h5-14H,1-4H3. The number of hydrogen-bond donors (Lipinski definition) is 0. The van der Waals surface area contributed by atoms with Crippen LogP contribution in [0.25, 0.3) is 0 Å². The summed E-state index contributed by atoms with van der Waals surface area (Å²) in [5, 5.41) is 0.620. The molecule has 0 saturated carbocycles. The molecule has 0 unspecified atom stereocenters. The minimum absolute atomic E-state index is 0.0783. The summed E-state index contributed by atoms with van der Waals surface area (Å²) in [4.78, 5) is 2.68. The van der Waals surface area contributed by atoms with Gasteiger partial charge in [0.05, 0.1) is 0 Å². The van der Waals surface area contributed by atoms with Crippen LogP contribution in [0.2, 0.25) is 0 Å². The van der Waals surface area contributed by atoms with Gasteiger partial charge in [0.2, 0.25) is 0 Å². The van der Waals surface area contributed by atoms with Crippen molar-refractivity contribution < 1.29 is 0 Å². The highest BCUT2D eigenvalue weighted by Gasteiger charge is 2.22. The highest BCUT2D eigenvalue weighted by atomic mass is 32.2. The average molecular weight is 303 g/mol. The lowest BCUT2D eigenvalue weighted by Crippen LogP contribution is -2.11. The van der Waals surface area contributed by atoms with Crippen LogP contribution in [-0.2, 0) is 4.75 Å². The lowest BCUT2D eigenvalue weighted by molar-refractivity contribution is 0.778. The zero-order chi connectivity index (χ0) is 14.6. The largest absolute Gasteiger partial charge is 0.123 e. The SMILES string of the molecule is CC(C)Sc1cccc(C(C)(C)Sc2ccccc2)c1. The summed E-state index contributed by atoms with van der Waals surface area (Å²) in [5.74, 6) is 0. The van der Waals surface area contributed by atoms with Gasteiger partial charge >= 0.3 is 0 Å². The van der Waals surface area contributed by atoms with E-state index in [2.05, 4.69) is 82.3 Å². The fourth-order valence-corrected chi connectivity index (χ4v) is 4.08. The van der Waals surface area contributed by atoms with Crippen molar-refractivity contribution in [2.75, 3.05) is 0 Å². The predicted molar refractivity (Wildman–Crippen MR) is 92.8 cm³/mol. The molecule has 0 amide bonds. The van der Waals surface area contributed by atoms with Crippen molar-refractivity contribution in [3.63, 3.8) is 0 Å². The van der Waals surface area contributed by atoms with E-state index in [1.54, 1.807) is 0 Å². The van der Waals surface area contributed by atoms with Crippen LogP contribution in [0.5, 0.6) is 0 Å². The number of hydrogen-bond acceptors (Lipinski definition) is 2. The van der Waals surface area contributed by atoms with Gasteiger partial charge in [0, 0.05) is 19.8 Å². The van der Waals surface area contributed by atoms with E-state index in [0.717, 1.165) is 0 Å². The molecule has 0 spiro atoms. The van der Waals surface area contributed by atoms with Crippen molar-refractivity contribution in [1.82, 2.24) is 0 Å². The second-order valence-corrected chi connectivity index (χ2v) is 8.97. The zero-order valence-electron chi connectivity index (χ0n) is 12.6. The molecule has 0 fully saturated rings. The molecule has 0 aromatic heterocycles. The van der Waals surface area contributed by atoms with E-state index < -0.39 is 0 Å². The Balaban J connectivity index is 2.20. The van der Waals surface area contributed by atoms with Gasteiger partial charge in [0.15, 0.2) is 0 Å². The Kier molecular flexibility index (Phi) is 5.22. The van der Waals surface area contributed by atoms with Gasteiger partial charge in [-0.1, -0.05) is 44.2 Å². The highest BCUT2D eigenvalue weighted by molar-refractivity contribution is 8.00. The lowest BCUT2D eigenvalue weighted by atomic mass is 10.0. The minimum Gasteiger partial charge on any atom is -0.123 e.